The topological polar surface area (TPSA) is 0 Å². The van der Waals surface area contributed by atoms with E-state index >= 15 is 0 Å². The summed E-state index contributed by atoms with van der Waals surface area (Å²) in [6.45, 7) is 6.74. The Labute approximate surface area is 126 Å². The molecule has 0 amide bonds. The number of hydrogen-bond donors (Lipinski definition) is 0. The Hall–Kier alpha value is -0.290. The Morgan fingerprint density at radius 1 is 0.950 bits per heavy atom. The summed E-state index contributed by atoms with van der Waals surface area (Å²) in [7, 11) is 0. The Morgan fingerprint density at radius 2 is 1.45 bits per heavy atom. The van der Waals surface area contributed by atoms with Crippen LogP contribution in [0.25, 0.3) is 0 Å². The summed E-state index contributed by atoms with van der Waals surface area (Å²) in [6.07, 6.45) is -4.25. The minimum atomic E-state index is -4.25. The first-order valence-electron chi connectivity index (χ1n) is 6.58. The van der Waals surface area contributed by atoms with Crippen LogP contribution in [0.4, 0.5) is 13.2 Å². The van der Waals surface area contributed by atoms with Gasteiger partial charge in [-0.3, -0.25) is 0 Å². The van der Waals surface area contributed by atoms with Crippen molar-refractivity contribution in [3.05, 3.63) is 35.4 Å². The van der Waals surface area contributed by atoms with Gasteiger partial charge in [0.1, 0.15) is 0 Å². The molecule has 0 atom stereocenters. The number of thioether (sulfide) groups is 2. The van der Waals surface area contributed by atoms with Gasteiger partial charge in [-0.1, -0.05) is 32.9 Å². The third-order valence-corrected chi connectivity index (χ3v) is 6.79. The second-order valence-corrected chi connectivity index (χ2v) is 8.76. The van der Waals surface area contributed by atoms with E-state index in [-0.39, 0.29) is 4.58 Å². The third kappa shape index (κ3) is 3.88. The van der Waals surface area contributed by atoms with Crippen molar-refractivity contribution in [3.63, 3.8) is 0 Å². The molecule has 2 rings (SSSR count). The molecule has 20 heavy (non-hydrogen) atoms. The lowest BCUT2D eigenvalue weighted by atomic mass is 9.83. The number of rotatable bonds is 1. The van der Waals surface area contributed by atoms with Crippen LogP contribution in [0.5, 0.6) is 0 Å². The van der Waals surface area contributed by atoms with Crippen LogP contribution in [0.1, 0.15) is 36.5 Å². The second-order valence-electron chi connectivity index (χ2n) is 6.18. The summed E-state index contributed by atoms with van der Waals surface area (Å²) < 4.78 is 37.9. The van der Waals surface area contributed by atoms with Crippen molar-refractivity contribution < 1.29 is 13.2 Å². The standard InChI is InChI=1S/C15H19F3S2/c1-14(2,3)12-8-19-13(20-9-12)10-4-6-11(7-5-10)15(16,17)18/h4-7,12-13H,8-9H2,1-3H3. The molecule has 0 nitrogen and oxygen atoms in total. The fraction of sp³-hybridized carbons (Fsp3) is 0.600. The van der Waals surface area contributed by atoms with Crippen molar-refractivity contribution in [1.29, 1.82) is 0 Å². The molecule has 1 aromatic rings. The van der Waals surface area contributed by atoms with Gasteiger partial charge in [0.05, 0.1) is 10.1 Å². The Kier molecular flexibility index (Phi) is 4.69. The fourth-order valence-electron chi connectivity index (χ4n) is 2.03. The molecule has 112 valence electrons. The maximum Gasteiger partial charge on any atom is 0.416 e. The van der Waals surface area contributed by atoms with Crippen molar-refractivity contribution >= 4 is 23.5 Å². The lowest BCUT2D eigenvalue weighted by molar-refractivity contribution is -0.137. The molecular formula is C15H19F3S2. The maximum atomic E-state index is 12.5. The molecule has 0 unspecified atom stereocenters. The lowest BCUT2D eigenvalue weighted by Gasteiger charge is -2.36. The second kappa shape index (κ2) is 5.84. The Morgan fingerprint density at radius 3 is 1.85 bits per heavy atom. The first-order chi connectivity index (χ1) is 9.18. The summed E-state index contributed by atoms with van der Waals surface area (Å²) in [5.41, 5.74) is 0.713. The van der Waals surface area contributed by atoms with Crippen molar-refractivity contribution in [2.24, 2.45) is 11.3 Å². The van der Waals surface area contributed by atoms with Gasteiger partial charge in [0.15, 0.2) is 0 Å². The summed E-state index contributed by atoms with van der Waals surface area (Å²) in [5, 5.41) is 0. The summed E-state index contributed by atoms with van der Waals surface area (Å²) in [4.78, 5) is 0. The first-order valence-corrected chi connectivity index (χ1v) is 8.68. The SMILES string of the molecule is CC(C)(C)C1CSC(c2ccc(C(F)(F)F)cc2)SC1. The highest BCUT2D eigenvalue weighted by molar-refractivity contribution is 8.16. The van der Waals surface area contributed by atoms with Gasteiger partial charge < -0.3 is 0 Å². The molecule has 1 aliphatic heterocycles. The normalized spacial score (nSPS) is 24.7. The average Bonchev–Trinajstić information content (AvgIpc) is 2.37. The van der Waals surface area contributed by atoms with E-state index in [4.69, 9.17) is 0 Å². The highest BCUT2D eigenvalue weighted by atomic mass is 32.2. The smallest absolute Gasteiger partial charge is 0.166 e. The minimum absolute atomic E-state index is 0.260. The van der Waals surface area contributed by atoms with E-state index in [1.165, 1.54) is 12.1 Å². The van der Waals surface area contributed by atoms with Gasteiger partial charge in [0, 0.05) is 0 Å². The number of benzene rings is 1. The van der Waals surface area contributed by atoms with Gasteiger partial charge in [-0.25, -0.2) is 0 Å². The van der Waals surface area contributed by atoms with E-state index in [1.807, 2.05) is 23.5 Å². The fourth-order valence-corrected chi connectivity index (χ4v) is 5.78. The molecule has 0 aliphatic carbocycles. The van der Waals surface area contributed by atoms with Gasteiger partial charge in [-0.2, -0.15) is 13.2 Å². The number of hydrogen-bond acceptors (Lipinski definition) is 2. The number of alkyl halides is 3. The molecule has 0 spiro atoms. The van der Waals surface area contributed by atoms with Crippen LogP contribution >= 0.6 is 23.5 Å². The van der Waals surface area contributed by atoms with Crippen LogP contribution in [-0.2, 0) is 6.18 Å². The molecule has 1 saturated heterocycles. The van der Waals surface area contributed by atoms with Crippen molar-refractivity contribution in [1.82, 2.24) is 0 Å². The van der Waals surface area contributed by atoms with Gasteiger partial charge in [-0.05, 0) is 40.5 Å². The number of halogens is 3. The average molecular weight is 320 g/mol. The molecule has 5 heteroatoms. The molecule has 0 N–H and O–H groups in total. The van der Waals surface area contributed by atoms with Crippen LogP contribution in [0.3, 0.4) is 0 Å². The monoisotopic (exact) mass is 320 g/mol. The zero-order valence-corrected chi connectivity index (χ0v) is 13.5. The predicted octanol–water partition coefficient (Wildman–Crippen LogP) is 5.85. The van der Waals surface area contributed by atoms with E-state index in [9.17, 15) is 13.2 Å². The van der Waals surface area contributed by atoms with Crippen molar-refractivity contribution in [2.45, 2.75) is 31.5 Å². The first kappa shape index (κ1) is 16.1. The molecule has 1 fully saturated rings. The molecule has 1 aromatic carbocycles. The van der Waals surface area contributed by atoms with Crippen molar-refractivity contribution in [2.75, 3.05) is 11.5 Å². The maximum absolute atomic E-state index is 12.5. The van der Waals surface area contributed by atoms with E-state index < -0.39 is 11.7 Å². The van der Waals surface area contributed by atoms with Gasteiger partial charge in [-0.15, -0.1) is 23.5 Å². The summed E-state index contributed by atoms with van der Waals surface area (Å²) >= 11 is 3.69. The molecule has 0 aromatic heterocycles. The van der Waals surface area contributed by atoms with E-state index in [0.717, 1.165) is 17.1 Å². The van der Waals surface area contributed by atoms with Crippen LogP contribution in [0, 0.1) is 11.3 Å². The summed E-state index contributed by atoms with van der Waals surface area (Å²) in [5.74, 6) is 2.80. The highest BCUT2D eigenvalue weighted by Crippen LogP contribution is 2.49. The minimum Gasteiger partial charge on any atom is -0.166 e. The van der Waals surface area contributed by atoms with E-state index in [1.54, 1.807) is 12.1 Å². The predicted molar refractivity (Wildman–Crippen MR) is 82.0 cm³/mol. The lowest BCUT2D eigenvalue weighted by Crippen LogP contribution is -2.27. The quantitative estimate of drug-likeness (QED) is 0.637. The van der Waals surface area contributed by atoms with Crippen LogP contribution in [0.2, 0.25) is 0 Å². The largest absolute Gasteiger partial charge is 0.416 e. The van der Waals surface area contributed by atoms with Crippen LogP contribution in [-0.4, -0.2) is 11.5 Å². The van der Waals surface area contributed by atoms with Gasteiger partial charge in [0.25, 0.3) is 0 Å². The Balaban J connectivity index is 2.01. The van der Waals surface area contributed by atoms with E-state index in [0.29, 0.717) is 11.3 Å². The summed E-state index contributed by atoms with van der Waals surface area (Å²) in [6, 6.07) is 5.61. The highest BCUT2D eigenvalue weighted by Gasteiger charge is 2.33. The van der Waals surface area contributed by atoms with Crippen LogP contribution < -0.4 is 0 Å². The third-order valence-electron chi connectivity index (χ3n) is 3.63. The zero-order chi connectivity index (χ0) is 15.0. The van der Waals surface area contributed by atoms with Gasteiger partial charge in [0.2, 0.25) is 0 Å². The van der Waals surface area contributed by atoms with Gasteiger partial charge >= 0.3 is 6.18 Å². The Bertz CT molecular complexity index is 438. The van der Waals surface area contributed by atoms with E-state index in [2.05, 4.69) is 20.8 Å². The molecular weight excluding hydrogens is 301 g/mol. The molecule has 1 heterocycles. The molecule has 0 radical (unpaired) electrons. The van der Waals surface area contributed by atoms with Crippen molar-refractivity contribution in [3.8, 4) is 0 Å². The van der Waals surface area contributed by atoms with Crippen LogP contribution in [0.15, 0.2) is 24.3 Å². The zero-order valence-electron chi connectivity index (χ0n) is 11.8. The molecule has 0 saturated carbocycles. The molecule has 1 aliphatic rings. The molecule has 0 bridgehead atoms.